The molecule has 2 aliphatic carbocycles. The van der Waals surface area contributed by atoms with Crippen LogP contribution in [0, 0.1) is 11.8 Å². The van der Waals surface area contributed by atoms with Gasteiger partial charge in [0.2, 0.25) is 5.91 Å². The van der Waals surface area contributed by atoms with Gasteiger partial charge in [0.25, 0.3) is 0 Å². The van der Waals surface area contributed by atoms with E-state index in [9.17, 15) is 13.2 Å². The lowest BCUT2D eigenvalue weighted by Crippen LogP contribution is -2.47. The Bertz CT molecular complexity index is 646. The maximum atomic E-state index is 12.0. The minimum atomic E-state index is -2.95. The highest BCUT2D eigenvalue weighted by Gasteiger charge is 2.54. The Balaban J connectivity index is 1.63. The number of rotatable bonds is 3. The second-order valence-electron chi connectivity index (χ2n) is 7.49. The summed E-state index contributed by atoms with van der Waals surface area (Å²) in [5.41, 5.74) is 0. The zero-order valence-electron chi connectivity index (χ0n) is 13.5. The standard InChI is InChI=1S/C16H24N2O3S2/c1-2-3-15(19)17-16-18(12-7-10-4-5-11(12)6-10)13-8-23(20,21)9-14(13)22-16/h10-14H,2-9H2,1H3/t10-,11-,12-,13+,14-/m1/s1. The zero-order chi connectivity index (χ0) is 16.2. The fraction of sp³-hybridized carbons (Fsp3) is 0.875. The molecule has 2 aliphatic heterocycles. The van der Waals surface area contributed by atoms with Gasteiger partial charge in [-0.25, -0.2) is 8.42 Å². The monoisotopic (exact) mass is 356 g/mol. The van der Waals surface area contributed by atoms with Gasteiger partial charge < -0.3 is 4.90 Å². The van der Waals surface area contributed by atoms with Crippen molar-refractivity contribution >= 4 is 32.7 Å². The summed E-state index contributed by atoms with van der Waals surface area (Å²) in [6, 6.07) is 0.431. The number of sulfone groups is 1. The minimum absolute atomic E-state index is 0.0301. The van der Waals surface area contributed by atoms with Gasteiger partial charge in [0, 0.05) is 17.7 Å². The molecule has 0 aromatic heterocycles. The lowest BCUT2D eigenvalue weighted by atomic mass is 9.93. The molecule has 23 heavy (non-hydrogen) atoms. The highest BCUT2D eigenvalue weighted by Crippen LogP contribution is 2.51. The molecule has 2 heterocycles. The first-order valence-electron chi connectivity index (χ1n) is 8.74. The maximum absolute atomic E-state index is 12.0. The summed E-state index contributed by atoms with van der Waals surface area (Å²) in [4.78, 5) is 18.7. The Kier molecular flexibility index (Phi) is 3.99. The Hall–Kier alpha value is -0.560. The molecular weight excluding hydrogens is 332 g/mol. The van der Waals surface area contributed by atoms with Crippen molar-refractivity contribution in [3.8, 4) is 0 Å². The number of carbonyl (C=O) groups excluding carboxylic acids is 1. The van der Waals surface area contributed by atoms with Gasteiger partial charge in [-0.15, -0.1) is 0 Å². The van der Waals surface area contributed by atoms with Gasteiger partial charge >= 0.3 is 0 Å². The number of aliphatic imine (C=N–C) groups is 1. The molecule has 2 saturated heterocycles. The summed E-state index contributed by atoms with van der Waals surface area (Å²) in [7, 11) is -2.95. The Morgan fingerprint density at radius 2 is 2.09 bits per heavy atom. The third-order valence-corrected chi connectivity index (χ3v) is 9.07. The third kappa shape index (κ3) is 2.84. The number of thioether (sulfide) groups is 1. The van der Waals surface area contributed by atoms with Gasteiger partial charge in [-0.2, -0.15) is 4.99 Å². The van der Waals surface area contributed by atoms with E-state index in [-0.39, 0.29) is 28.7 Å². The van der Waals surface area contributed by atoms with Crippen molar-refractivity contribution in [2.75, 3.05) is 11.5 Å². The summed E-state index contributed by atoms with van der Waals surface area (Å²) in [5, 5.41) is 0.873. The molecule has 0 N–H and O–H groups in total. The normalized spacial score (nSPS) is 42.6. The van der Waals surface area contributed by atoms with Gasteiger partial charge in [-0.3, -0.25) is 4.79 Å². The highest BCUT2D eigenvalue weighted by molar-refractivity contribution is 8.15. The van der Waals surface area contributed by atoms with Gasteiger partial charge in [0.15, 0.2) is 15.0 Å². The largest absolute Gasteiger partial charge is 0.343 e. The molecule has 0 spiro atoms. The molecule has 7 heteroatoms. The van der Waals surface area contributed by atoms with Crippen LogP contribution in [0.2, 0.25) is 0 Å². The molecular formula is C16H24N2O3S2. The van der Waals surface area contributed by atoms with Crippen LogP contribution < -0.4 is 0 Å². The quantitative estimate of drug-likeness (QED) is 0.774. The highest BCUT2D eigenvalue weighted by atomic mass is 32.2. The van der Waals surface area contributed by atoms with Crippen LogP contribution in [-0.2, 0) is 14.6 Å². The maximum Gasteiger partial charge on any atom is 0.248 e. The Labute approximate surface area is 142 Å². The Morgan fingerprint density at radius 3 is 2.74 bits per heavy atom. The van der Waals surface area contributed by atoms with Gasteiger partial charge in [-0.1, -0.05) is 25.1 Å². The SMILES string of the molecule is CCCC(=O)N=C1S[C@@H]2CS(=O)(=O)C[C@@H]2N1[C@@H]1C[C@@H]2CC[C@@H]1C2. The zero-order valence-corrected chi connectivity index (χ0v) is 15.1. The molecule has 0 aromatic carbocycles. The first kappa shape index (κ1) is 15.9. The second-order valence-corrected chi connectivity index (χ2v) is 10.8. The summed E-state index contributed by atoms with van der Waals surface area (Å²) in [5.74, 6) is 1.86. The van der Waals surface area contributed by atoms with E-state index in [1.54, 1.807) is 0 Å². The summed E-state index contributed by atoms with van der Waals surface area (Å²) in [6.07, 6.45) is 6.26. The van der Waals surface area contributed by atoms with Crippen LogP contribution in [0.15, 0.2) is 4.99 Å². The number of hydrogen-bond donors (Lipinski definition) is 0. The van der Waals surface area contributed by atoms with E-state index in [1.807, 2.05) is 6.92 Å². The van der Waals surface area contributed by atoms with Crippen molar-refractivity contribution < 1.29 is 13.2 Å². The van der Waals surface area contributed by atoms with Crippen LogP contribution in [0.3, 0.4) is 0 Å². The van der Waals surface area contributed by atoms with Crippen molar-refractivity contribution in [3.05, 3.63) is 0 Å². The molecule has 0 unspecified atom stereocenters. The van der Waals surface area contributed by atoms with Gasteiger partial charge in [0.1, 0.15) is 0 Å². The average molecular weight is 357 g/mol. The predicted octanol–water partition coefficient (Wildman–Crippen LogP) is 2.07. The van der Waals surface area contributed by atoms with Crippen LogP contribution in [0.25, 0.3) is 0 Å². The number of fused-ring (bicyclic) bond motifs is 3. The van der Waals surface area contributed by atoms with E-state index < -0.39 is 9.84 Å². The fourth-order valence-electron chi connectivity index (χ4n) is 4.91. The van der Waals surface area contributed by atoms with E-state index in [1.165, 1.54) is 31.0 Å². The van der Waals surface area contributed by atoms with Crippen LogP contribution in [0.4, 0.5) is 0 Å². The molecule has 0 aromatic rings. The number of amides is 1. The summed E-state index contributed by atoms with van der Waals surface area (Å²) >= 11 is 1.54. The minimum Gasteiger partial charge on any atom is -0.343 e. The van der Waals surface area contributed by atoms with Crippen molar-refractivity contribution in [2.24, 2.45) is 16.8 Å². The first-order chi connectivity index (χ1) is 11.0. The van der Waals surface area contributed by atoms with E-state index in [4.69, 9.17) is 0 Å². The van der Waals surface area contributed by atoms with Gasteiger partial charge in [0.05, 0.1) is 17.5 Å². The number of hydrogen-bond acceptors (Lipinski definition) is 4. The number of carbonyl (C=O) groups is 1. The van der Waals surface area contributed by atoms with Crippen molar-refractivity contribution in [1.82, 2.24) is 4.90 Å². The van der Waals surface area contributed by atoms with Crippen LogP contribution >= 0.6 is 11.8 Å². The molecule has 2 bridgehead atoms. The molecule has 2 saturated carbocycles. The van der Waals surface area contributed by atoms with Crippen LogP contribution in [0.1, 0.15) is 45.4 Å². The molecule has 4 rings (SSSR count). The fourth-order valence-corrected chi connectivity index (χ4v) is 8.90. The van der Waals surface area contributed by atoms with E-state index in [0.717, 1.165) is 23.9 Å². The predicted molar refractivity (Wildman–Crippen MR) is 92.2 cm³/mol. The molecule has 0 radical (unpaired) electrons. The van der Waals surface area contributed by atoms with Gasteiger partial charge in [-0.05, 0) is 37.5 Å². The Morgan fingerprint density at radius 1 is 1.26 bits per heavy atom. The van der Waals surface area contributed by atoms with Crippen molar-refractivity contribution in [2.45, 2.75) is 62.8 Å². The lowest BCUT2D eigenvalue weighted by Gasteiger charge is -2.36. The smallest absolute Gasteiger partial charge is 0.248 e. The van der Waals surface area contributed by atoms with Crippen LogP contribution in [-0.4, -0.2) is 53.2 Å². The topological polar surface area (TPSA) is 66.8 Å². The lowest BCUT2D eigenvalue weighted by molar-refractivity contribution is -0.117. The van der Waals surface area contributed by atoms with Crippen molar-refractivity contribution in [1.29, 1.82) is 0 Å². The van der Waals surface area contributed by atoms with Crippen LogP contribution in [0.5, 0.6) is 0 Å². The molecule has 5 nitrogen and oxygen atoms in total. The van der Waals surface area contributed by atoms with E-state index in [2.05, 4.69) is 9.89 Å². The average Bonchev–Trinajstić information content (AvgIpc) is 3.18. The molecule has 1 amide bonds. The summed E-state index contributed by atoms with van der Waals surface area (Å²) < 4.78 is 24.1. The molecule has 4 fully saturated rings. The second kappa shape index (κ2) is 5.76. The molecule has 4 aliphatic rings. The third-order valence-electron chi connectivity index (χ3n) is 5.85. The number of nitrogens with zero attached hydrogens (tertiary/aromatic N) is 2. The first-order valence-corrected chi connectivity index (χ1v) is 11.4. The van der Waals surface area contributed by atoms with E-state index in [0.29, 0.717) is 18.4 Å². The van der Waals surface area contributed by atoms with E-state index >= 15 is 0 Å². The molecule has 5 atom stereocenters. The summed E-state index contributed by atoms with van der Waals surface area (Å²) in [6.45, 7) is 1.98. The van der Waals surface area contributed by atoms with Crippen molar-refractivity contribution in [3.63, 3.8) is 0 Å². The molecule has 128 valence electrons. The number of amidine groups is 1.